The van der Waals surface area contributed by atoms with Gasteiger partial charge in [0.15, 0.2) is 0 Å². The number of piperidine rings is 1. The van der Waals surface area contributed by atoms with Crippen LogP contribution in [0.1, 0.15) is 53.1 Å². The lowest BCUT2D eigenvalue weighted by molar-refractivity contribution is 0.00387. The fourth-order valence-corrected chi connectivity index (χ4v) is 4.98. The molecule has 1 aromatic carbocycles. The molecule has 1 aliphatic heterocycles. The Balaban J connectivity index is 0.00000225. The number of ether oxygens (including phenoxy) is 1. The number of benzene rings is 1. The number of nitrogens with zero attached hydrogens (tertiary/aromatic N) is 2. The number of amides is 1. The van der Waals surface area contributed by atoms with Gasteiger partial charge in [0.2, 0.25) is 0 Å². The van der Waals surface area contributed by atoms with E-state index in [1.807, 2.05) is 26.0 Å². The van der Waals surface area contributed by atoms with Gasteiger partial charge in [-0.1, -0.05) is 24.3 Å². The first-order valence-electron chi connectivity index (χ1n) is 9.79. The van der Waals surface area contributed by atoms with Crippen LogP contribution in [0.5, 0.6) is 0 Å². The van der Waals surface area contributed by atoms with Crippen LogP contribution < -0.4 is 10.6 Å². The first kappa shape index (κ1) is 20.8. The first-order chi connectivity index (χ1) is 13.1. The van der Waals surface area contributed by atoms with Gasteiger partial charge >= 0.3 is 0 Å². The third kappa shape index (κ3) is 3.23. The van der Waals surface area contributed by atoms with E-state index in [1.165, 1.54) is 11.1 Å². The number of hydrogen-bond acceptors (Lipinski definition) is 4. The van der Waals surface area contributed by atoms with Crippen LogP contribution in [-0.2, 0) is 16.7 Å². The van der Waals surface area contributed by atoms with Crippen LogP contribution in [0.2, 0.25) is 0 Å². The number of halogens is 1. The molecule has 2 aromatic rings. The van der Waals surface area contributed by atoms with Crippen LogP contribution in [0.3, 0.4) is 0 Å². The number of methoxy groups -OCH3 is 1. The molecular formula is C21H29ClN4O2. The van der Waals surface area contributed by atoms with E-state index < -0.39 is 0 Å². The van der Waals surface area contributed by atoms with Crippen LogP contribution >= 0.6 is 12.4 Å². The van der Waals surface area contributed by atoms with Crippen molar-refractivity contribution in [3.63, 3.8) is 0 Å². The summed E-state index contributed by atoms with van der Waals surface area (Å²) in [5, 5.41) is 11.1. The van der Waals surface area contributed by atoms with Gasteiger partial charge in [-0.05, 0) is 57.0 Å². The molecule has 1 saturated heterocycles. The van der Waals surface area contributed by atoms with E-state index in [0.717, 1.165) is 31.6 Å². The summed E-state index contributed by atoms with van der Waals surface area (Å²) in [6, 6.07) is 10.2. The zero-order valence-electron chi connectivity index (χ0n) is 16.7. The minimum atomic E-state index is -0.155. The second-order valence-electron chi connectivity index (χ2n) is 7.59. The summed E-state index contributed by atoms with van der Waals surface area (Å²) in [5.74, 6) is -0.0923. The van der Waals surface area contributed by atoms with Crippen molar-refractivity contribution < 1.29 is 9.53 Å². The predicted octanol–water partition coefficient (Wildman–Crippen LogP) is 2.75. The fourth-order valence-electron chi connectivity index (χ4n) is 4.98. The highest BCUT2D eigenvalue weighted by atomic mass is 35.5. The van der Waals surface area contributed by atoms with Crippen LogP contribution in [0.15, 0.2) is 30.3 Å². The predicted molar refractivity (Wildman–Crippen MR) is 111 cm³/mol. The number of carbonyl (C=O) groups is 1. The van der Waals surface area contributed by atoms with Crippen molar-refractivity contribution in [3.05, 3.63) is 52.8 Å². The van der Waals surface area contributed by atoms with Gasteiger partial charge in [-0.25, -0.2) is 0 Å². The van der Waals surface area contributed by atoms with Gasteiger partial charge in [-0.2, -0.15) is 5.10 Å². The highest BCUT2D eigenvalue weighted by Gasteiger charge is 2.53. The molecule has 0 radical (unpaired) electrons. The van der Waals surface area contributed by atoms with Gasteiger partial charge in [-0.3, -0.25) is 9.48 Å². The van der Waals surface area contributed by atoms with Crippen molar-refractivity contribution in [2.45, 2.75) is 50.8 Å². The zero-order valence-corrected chi connectivity index (χ0v) is 17.5. The van der Waals surface area contributed by atoms with Crippen molar-refractivity contribution in [1.29, 1.82) is 0 Å². The van der Waals surface area contributed by atoms with Crippen LogP contribution in [0, 0.1) is 6.92 Å². The Bertz CT molecular complexity index is 845. The Kier molecular flexibility index (Phi) is 6.12. The number of fused-ring (bicyclic) bond motifs is 2. The number of nitrogens with one attached hydrogen (secondary N) is 2. The largest absolute Gasteiger partial charge is 0.378 e. The standard InChI is InChI=1S/C21H28N4O2.ClH/c1-4-25-17(13-14(2)24-25)20(26)23-18-15-7-5-6-8-16(15)21(19(18)27-3)9-11-22-12-10-21;/h5-8,13,18-19,22H,4,9-12H2,1-3H3,(H,23,26);1H/t18-,19+;/m1./s1. The van der Waals surface area contributed by atoms with Gasteiger partial charge in [-0.15, -0.1) is 12.4 Å². The third-order valence-corrected chi connectivity index (χ3v) is 6.15. The summed E-state index contributed by atoms with van der Waals surface area (Å²) < 4.78 is 7.79. The Morgan fingerprint density at radius 1 is 1.36 bits per heavy atom. The van der Waals surface area contributed by atoms with E-state index in [9.17, 15) is 4.79 Å². The third-order valence-electron chi connectivity index (χ3n) is 6.15. The van der Waals surface area contributed by atoms with Gasteiger partial charge in [0, 0.05) is 19.1 Å². The molecule has 1 fully saturated rings. The monoisotopic (exact) mass is 404 g/mol. The fraction of sp³-hybridized carbons (Fsp3) is 0.524. The highest BCUT2D eigenvalue weighted by Crippen LogP contribution is 2.51. The molecule has 7 heteroatoms. The van der Waals surface area contributed by atoms with E-state index in [4.69, 9.17) is 4.74 Å². The topological polar surface area (TPSA) is 68.2 Å². The van der Waals surface area contributed by atoms with Crippen LogP contribution in [0.4, 0.5) is 0 Å². The molecule has 0 bridgehead atoms. The molecule has 28 heavy (non-hydrogen) atoms. The van der Waals surface area contributed by atoms with Crippen molar-refractivity contribution in [2.24, 2.45) is 0 Å². The van der Waals surface area contributed by atoms with E-state index in [1.54, 1.807) is 11.8 Å². The lowest BCUT2D eigenvalue weighted by Crippen LogP contribution is -2.49. The smallest absolute Gasteiger partial charge is 0.270 e. The normalized spacial score (nSPS) is 22.5. The van der Waals surface area contributed by atoms with E-state index in [2.05, 4.69) is 33.9 Å². The summed E-state index contributed by atoms with van der Waals surface area (Å²) in [6.07, 6.45) is 1.96. The average molecular weight is 405 g/mol. The van der Waals surface area contributed by atoms with E-state index in [0.29, 0.717) is 12.2 Å². The van der Waals surface area contributed by atoms with E-state index >= 15 is 0 Å². The molecule has 1 amide bonds. The van der Waals surface area contributed by atoms with Gasteiger partial charge in [0.1, 0.15) is 5.69 Å². The molecule has 1 aliphatic carbocycles. The minimum Gasteiger partial charge on any atom is -0.378 e. The second-order valence-corrected chi connectivity index (χ2v) is 7.59. The number of aromatic nitrogens is 2. The highest BCUT2D eigenvalue weighted by molar-refractivity contribution is 5.93. The van der Waals surface area contributed by atoms with Crippen molar-refractivity contribution in [2.75, 3.05) is 20.2 Å². The van der Waals surface area contributed by atoms with E-state index in [-0.39, 0.29) is 35.9 Å². The molecule has 2 atom stereocenters. The maximum atomic E-state index is 13.1. The lowest BCUT2D eigenvalue weighted by atomic mass is 9.72. The zero-order chi connectivity index (χ0) is 19.0. The van der Waals surface area contributed by atoms with Gasteiger partial charge in [0.25, 0.3) is 5.91 Å². The molecule has 1 spiro atoms. The molecule has 2 heterocycles. The molecule has 0 unspecified atom stereocenters. The first-order valence-corrected chi connectivity index (χ1v) is 9.79. The Labute approximate surface area is 172 Å². The van der Waals surface area contributed by atoms with Crippen molar-refractivity contribution in [3.8, 4) is 0 Å². The molecule has 2 N–H and O–H groups in total. The molecule has 1 aromatic heterocycles. The average Bonchev–Trinajstić information content (AvgIpc) is 3.19. The molecule has 6 nitrogen and oxygen atoms in total. The second kappa shape index (κ2) is 8.23. The van der Waals surface area contributed by atoms with Gasteiger partial charge in [0.05, 0.1) is 17.8 Å². The maximum absolute atomic E-state index is 13.1. The molecule has 2 aliphatic rings. The van der Waals surface area contributed by atoms with Gasteiger partial charge < -0.3 is 15.4 Å². The SMILES string of the molecule is CCn1nc(C)cc1C(=O)N[C@@H]1c2ccccc2C2(CCNCC2)[C@H]1OC.Cl. The minimum absolute atomic E-state index is 0. The van der Waals surface area contributed by atoms with Crippen molar-refractivity contribution >= 4 is 18.3 Å². The maximum Gasteiger partial charge on any atom is 0.270 e. The summed E-state index contributed by atoms with van der Waals surface area (Å²) in [7, 11) is 1.76. The summed E-state index contributed by atoms with van der Waals surface area (Å²) >= 11 is 0. The Hall–Kier alpha value is -1.89. The summed E-state index contributed by atoms with van der Waals surface area (Å²) in [4.78, 5) is 13.1. The Morgan fingerprint density at radius 3 is 2.75 bits per heavy atom. The molecule has 4 rings (SSSR count). The number of carbonyl (C=O) groups excluding carboxylic acids is 1. The number of aryl methyl sites for hydroxylation is 2. The quantitative estimate of drug-likeness (QED) is 0.822. The number of hydrogen-bond donors (Lipinski definition) is 2. The molecule has 152 valence electrons. The Morgan fingerprint density at radius 2 is 2.07 bits per heavy atom. The number of rotatable bonds is 4. The lowest BCUT2D eigenvalue weighted by Gasteiger charge is -2.40. The van der Waals surface area contributed by atoms with Crippen LogP contribution in [-0.4, -0.2) is 42.0 Å². The summed E-state index contributed by atoms with van der Waals surface area (Å²) in [5.41, 5.74) is 3.92. The van der Waals surface area contributed by atoms with Crippen LogP contribution in [0.25, 0.3) is 0 Å². The van der Waals surface area contributed by atoms with Crippen molar-refractivity contribution in [1.82, 2.24) is 20.4 Å². The molecule has 0 saturated carbocycles. The molecular weight excluding hydrogens is 376 g/mol. The summed E-state index contributed by atoms with van der Waals surface area (Å²) in [6.45, 7) is 6.51.